The van der Waals surface area contributed by atoms with Gasteiger partial charge in [-0.3, -0.25) is 0 Å². The Balaban J connectivity index is 1.95. The molecule has 0 fully saturated rings. The highest BCUT2D eigenvalue weighted by molar-refractivity contribution is 6.44. The third-order valence-electron chi connectivity index (χ3n) is 3.19. The summed E-state index contributed by atoms with van der Waals surface area (Å²) in [6, 6.07) is 27.7. The van der Waals surface area contributed by atoms with Crippen LogP contribution in [0.2, 0.25) is 0 Å². The number of esters is 1. The molecule has 0 heterocycles. The highest BCUT2D eigenvalue weighted by Crippen LogP contribution is 2.16. The number of aliphatic imine (C=N–C) groups is 1. The van der Waals surface area contributed by atoms with Gasteiger partial charge in [-0.25, -0.2) is 9.79 Å². The zero-order valence-corrected chi connectivity index (χ0v) is 12.4. The number of ether oxygens (including phenoxy) is 1. The molecule has 0 bridgehead atoms. The molecule has 0 aliphatic rings. The number of nitrogens with zero attached hydrogens (tertiary/aromatic N) is 1. The summed E-state index contributed by atoms with van der Waals surface area (Å²) < 4.78 is 5.43. The average molecular weight is 301 g/mol. The highest BCUT2D eigenvalue weighted by Gasteiger charge is 2.16. The van der Waals surface area contributed by atoms with Crippen molar-refractivity contribution in [2.75, 3.05) is 0 Å². The largest absolute Gasteiger partial charge is 0.422 e. The van der Waals surface area contributed by atoms with Gasteiger partial charge in [-0.1, -0.05) is 66.7 Å². The third kappa shape index (κ3) is 3.92. The Kier molecular flexibility index (Phi) is 4.60. The Morgan fingerprint density at radius 2 is 1.22 bits per heavy atom. The van der Waals surface area contributed by atoms with E-state index in [2.05, 4.69) is 4.99 Å². The summed E-state index contributed by atoms with van der Waals surface area (Å²) in [5, 5.41) is 0. The van der Waals surface area contributed by atoms with Gasteiger partial charge in [-0.05, 0) is 24.3 Å². The van der Waals surface area contributed by atoms with Crippen molar-refractivity contribution in [1.29, 1.82) is 0 Å². The fourth-order valence-electron chi connectivity index (χ4n) is 2.10. The van der Waals surface area contributed by atoms with Crippen molar-refractivity contribution in [2.45, 2.75) is 0 Å². The van der Waals surface area contributed by atoms with Gasteiger partial charge in [-0.15, -0.1) is 0 Å². The van der Waals surface area contributed by atoms with Gasteiger partial charge in [-0.2, -0.15) is 0 Å². The molecule has 0 atom stereocenters. The fraction of sp³-hybridized carbons (Fsp3) is 0. The second-order valence-corrected chi connectivity index (χ2v) is 4.86. The number of para-hydroxylation sites is 2. The van der Waals surface area contributed by atoms with E-state index in [4.69, 9.17) is 4.74 Å². The van der Waals surface area contributed by atoms with Crippen LogP contribution in [-0.4, -0.2) is 11.7 Å². The number of carbonyl (C=O) groups excluding carboxylic acids is 1. The first-order chi connectivity index (χ1) is 11.3. The molecule has 0 aliphatic carbocycles. The summed E-state index contributed by atoms with van der Waals surface area (Å²) in [4.78, 5) is 17.0. The molecule has 3 rings (SSSR count). The molecule has 3 aromatic carbocycles. The minimum Gasteiger partial charge on any atom is -0.422 e. The summed E-state index contributed by atoms with van der Waals surface area (Å²) in [6.45, 7) is 0. The zero-order valence-electron chi connectivity index (χ0n) is 12.4. The van der Waals surface area contributed by atoms with E-state index in [0.29, 0.717) is 11.4 Å². The number of hydrogen-bond acceptors (Lipinski definition) is 3. The molecule has 3 aromatic rings. The van der Waals surface area contributed by atoms with E-state index < -0.39 is 5.97 Å². The fourth-order valence-corrected chi connectivity index (χ4v) is 2.10. The SMILES string of the molecule is O=C(Oc1ccccc1)C(=Nc1ccccc1)c1ccccc1. The molecule has 3 heteroatoms. The predicted molar refractivity (Wildman–Crippen MR) is 91.2 cm³/mol. The Morgan fingerprint density at radius 1 is 0.696 bits per heavy atom. The monoisotopic (exact) mass is 301 g/mol. The highest BCUT2D eigenvalue weighted by atomic mass is 16.5. The molecule has 0 radical (unpaired) electrons. The minimum absolute atomic E-state index is 0.278. The van der Waals surface area contributed by atoms with Crippen molar-refractivity contribution in [2.24, 2.45) is 4.99 Å². The molecular weight excluding hydrogens is 286 g/mol. The van der Waals surface area contributed by atoms with E-state index in [1.165, 1.54) is 0 Å². The van der Waals surface area contributed by atoms with Gasteiger partial charge in [0.25, 0.3) is 0 Å². The normalized spacial score (nSPS) is 11.0. The number of hydrogen-bond donors (Lipinski definition) is 0. The topological polar surface area (TPSA) is 38.7 Å². The van der Waals surface area contributed by atoms with Gasteiger partial charge in [0.2, 0.25) is 0 Å². The minimum atomic E-state index is -0.480. The average Bonchev–Trinajstić information content (AvgIpc) is 2.62. The molecule has 0 amide bonds. The lowest BCUT2D eigenvalue weighted by Crippen LogP contribution is -2.21. The smallest absolute Gasteiger partial charge is 0.362 e. The summed E-state index contributed by atoms with van der Waals surface area (Å²) in [5.41, 5.74) is 1.70. The van der Waals surface area contributed by atoms with Crippen molar-refractivity contribution < 1.29 is 9.53 Å². The van der Waals surface area contributed by atoms with Crippen LogP contribution >= 0.6 is 0 Å². The van der Waals surface area contributed by atoms with Crippen LogP contribution in [0, 0.1) is 0 Å². The lowest BCUT2D eigenvalue weighted by atomic mass is 10.1. The maximum Gasteiger partial charge on any atom is 0.362 e. The molecule has 0 aliphatic heterocycles. The first-order valence-corrected chi connectivity index (χ1v) is 7.29. The van der Waals surface area contributed by atoms with Gasteiger partial charge >= 0.3 is 5.97 Å². The quantitative estimate of drug-likeness (QED) is 0.406. The van der Waals surface area contributed by atoms with Gasteiger partial charge in [0, 0.05) is 5.56 Å². The standard InChI is InChI=1S/C20H15NO2/c22-20(23-18-14-8-3-9-15-18)19(16-10-4-1-5-11-16)21-17-12-6-2-7-13-17/h1-15H. The van der Waals surface area contributed by atoms with E-state index in [9.17, 15) is 4.79 Å². The van der Waals surface area contributed by atoms with Gasteiger partial charge in [0.15, 0.2) is 5.71 Å². The molecule has 0 unspecified atom stereocenters. The van der Waals surface area contributed by atoms with E-state index in [-0.39, 0.29) is 5.71 Å². The van der Waals surface area contributed by atoms with E-state index >= 15 is 0 Å². The molecular formula is C20H15NO2. The number of rotatable bonds is 4. The first-order valence-electron chi connectivity index (χ1n) is 7.29. The second-order valence-electron chi connectivity index (χ2n) is 4.86. The van der Waals surface area contributed by atoms with Gasteiger partial charge in [0.1, 0.15) is 5.75 Å². The second kappa shape index (κ2) is 7.18. The lowest BCUT2D eigenvalue weighted by molar-refractivity contribution is -0.126. The molecule has 0 N–H and O–H groups in total. The van der Waals surface area contributed by atoms with Crippen LogP contribution in [0.5, 0.6) is 5.75 Å². The van der Waals surface area contributed by atoms with Crippen molar-refractivity contribution in [3.63, 3.8) is 0 Å². The van der Waals surface area contributed by atoms with E-state index in [1.807, 2.05) is 78.9 Å². The van der Waals surface area contributed by atoms with Crippen molar-refractivity contribution in [3.05, 3.63) is 96.6 Å². The third-order valence-corrected chi connectivity index (χ3v) is 3.19. The summed E-state index contributed by atoms with van der Waals surface area (Å²) in [6.07, 6.45) is 0. The van der Waals surface area contributed by atoms with Gasteiger partial charge < -0.3 is 4.74 Å². The molecule has 3 nitrogen and oxygen atoms in total. The maximum atomic E-state index is 12.6. The summed E-state index contributed by atoms with van der Waals surface area (Å²) >= 11 is 0. The molecule has 0 aromatic heterocycles. The summed E-state index contributed by atoms with van der Waals surface area (Å²) in [5.74, 6) is 0.0143. The van der Waals surface area contributed by atoms with Crippen molar-refractivity contribution in [3.8, 4) is 5.75 Å². The van der Waals surface area contributed by atoms with Crippen LogP contribution in [-0.2, 0) is 4.79 Å². The van der Waals surface area contributed by atoms with Crippen LogP contribution in [0.3, 0.4) is 0 Å². The molecule has 0 spiro atoms. The first kappa shape index (κ1) is 14.7. The van der Waals surface area contributed by atoms with Crippen LogP contribution in [0.4, 0.5) is 5.69 Å². The van der Waals surface area contributed by atoms with Crippen LogP contribution in [0.1, 0.15) is 5.56 Å². The number of benzene rings is 3. The van der Waals surface area contributed by atoms with Crippen molar-refractivity contribution in [1.82, 2.24) is 0 Å². The zero-order chi connectivity index (χ0) is 15.9. The Bertz CT molecular complexity index is 797. The maximum absolute atomic E-state index is 12.6. The Labute approximate surface area is 134 Å². The number of carbonyl (C=O) groups is 1. The lowest BCUT2D eigenvalue weighted by Gasteiger charge is -2.07. The molecule has 112 valence electrons. The molecule has 0 saturated heterocycles. The van der Waals surface area contributed by atoms with E-state index in [0.717, 1.165) is 5.56 Å². The Morgan fingerprint density at radius 3 is 1.83 bits per heavy atom. The Hall–Kier alpha value is -3.20. The van der Waals surface area contributed by atoms with Gasteiger partial charge in [0.05, 0.1) is 5.69 Å². The predicted octanol–water partition coefficient (Wildman–Crippen LogP) is 4.41. The van der Waals surface area contributed by atoms with Crippen molar-refractivity contribution >= 4 is 17.4 Å². The van der Waals surface area contributed by atoms with Crippen LogP contribution in [0.25, 0.3) is 0 Å². The van der Waals surface area contributed by atoms with Crippen LogP contribution < -0.4 is 4.74 Å². The van der Waals surface area contributed by atoms with E-state index in [1.54, 1.807) is 12.1 Å². The summed E-state index contributed by atoms with van der Waals surface area (Å²) in [7, 11) is 0. The molecule has 0 saturated carbocycles. The van der Waals surface area contributed by atoms with Crippen LogP contribution in [0.15, 0.2) is 96.0 Å². The molecule has 23 heavy (non-hydrogen) atoms.